The zero-order valence-corrected chi connectivity index (χ0v) is 9.23. The van der Waals surface area contributed by atoms with E-state index in [1.807, 2.05) is 24.5 Å². The number of hydrogen-bond acceptors (Lipinski definition) is 3. The molecule has 0 radical (unpaired) electrons. The van der Waals surface area contributed by atoms with Crippen molar-refractivity contribution in [1.29, 1.82) is 0 Å². The second-order valence-electron chi connectivity index (χ2n) is 3.60. The van der Waals surface area contributed by atoms with E-state index in [1.54, 1.807) is 18.9 Å². The average molecular weight is 210 g/mol. The largest absolute Gasteiger partial charge is 0.496 e. The number of methoxy groups -OCH3 is 1. The Labute approximate surface area is 88.3 Å². The SMILES string of the molecule is COc1ccc(SC)cc1C1(O)CC1. The van der Waals surface area contributed by atoms with E-state index in [-0.39, 0.29) is 0 Å². The van der Waals surface area contributed by atoms with E-state index in [0.717, 1.165) is 24.2 Å². The lowest BCUT2D eigenvalue weighted by Crippen LogP contribution is -2.06. The van der Waals surface area contributed by atoms with Gasteiger partial charge in [0.25, 0.3) is 0 Å². The van der Waals surface area contributed by atoms with Gasteiger partial charge in [0.05, 0.1) is 12.7 Å². The molecule has 1 saturated carbocycles. The summed E-state index contributed by atoms with van der Waals surface area (Å²) in [5.74, 6) is 0.794. The first-order valence-corrected chi connectivity index (χ1v) is 5.87. The second kappa shape index (κ2) is 3.48. The van der Waals surface area contributed by atoms with Gasteiger partial charge in [0.15, 0.2) is 0 Å². The molecular formula is C11H14O2S. The van der Waals surface area contributed by atoms with Crippen LogP contribution in [0.25, 0.3) is 0 Å². The van der Waals surface area contributed by atoms with Crippen molar-refractivity contribution < 1.29 is 9.84 Å². The van der Waals surface area contributed by atoms with Gasteiger partial charge >= 0.3 is 0 Å². The summed E-state index contributed by atoms with van der Waals surface area (Å²) >= 11 is 1.68. The van der Waals surface area contributed by atoms with Gasteiger partial charge in [-0.25, -0.2) is 0 Å². The molecule has 0 spiro atoms. The van der Waals surface area contributed by atoms with Crippen LogP contribution in [0.5, 0.6) is 5.75 Å². The van der Waals surface area contributed by atoms with Gasteiger partial charge in [-0.2, -0.15) is 0 Å². The predicted octanol–water partition coefficient (Wildman–Crippen LogP) is 2.40. The van der Waals surface area contributed by atoms with Crippen LogP contribution in [0.3, 0.4) is 0 Å². The Kier molecular flexibility index (Phi) is 2.45. The van der Waals surface area contributed by atoms with Gasteiger partial charge < -0.3 is 9.84 Å². The molecule has 1 N–H and O–H groups in total. The van der Waals surface area contributed by atoms with Crippen LogP contribution in [-0.2, 0) is 5.60 Å². The zero-order chi connectivity index (χ0) is 10.2. The quantitative estimate of drug-likeness (QED) is 0.777. The minimum atomic E-state index is -0.614. The minimum absolute atomic E-state index is 0.614. The Balaban J connectivity index is 2.43. The molecule has 1 aromatic carbocycles. The van der Waals surface area contributed by atoms with E-state index in [1.165, 1.54) is 4.90 Å². The van der Waals surface area contributed by atoms with E-state index in [0.29, 0.717) is 0 Å². The molecule has 3 heteroatoms. The first-order chi connectivity index (χ1) is 6.69. The van der Waals surface area contributed by atoms with Crippen molar-refractivity contribution in [2.24, 2.45) is 0 Å². The monoisotopic (exact) mass is 210 g/mol. The van der Waals surface area contributed by atoms with E-state index in [2.05, 4.69) is 0 Å². The van der Waals surface area contributed by atoms with Gasteiger partial charge in [-0.3, -0.25) is 0 Å². The van der Waals surface area contributed by atoms with Crippen LogP contribution in [0.4, 0.5) is 0 Å². The van der Waals surface area contributed by atoms with Gasteiger partial charge in [0, 0.05) is 10.5 Å². The third kappa shape index (κ3) is 1.62. The lowest BCUT2D eigenvalue weighted by molar-refractivity contribution is 0.147. The summed E-state index contributed by atoms with van der Waals surface area (Å²) in [6.45, 7) is 0. The fraction of sp³-hybridized carbons (Fsp3) is 0.455. The highest BCUT2D eigenvalue weighted by atomic mass is 32.2. The maximum absolute atomic E-state index is 10.0. The molecule has 14 heavy (non-hydrogen) atoms. The molecule has 2 rings (SSSR count). The average Bonchev–Trinajstić information content (AvgIpc) is 2.97. The molecule has 1 aliphatic carbocycles. The normalized spacial score (nSPS) is 17.9. The molecule has 0 aromatic heterocycles. The first kappa shape index (κ1) is 9.87. The molecule has 0 unspecified atom stereocenters. The number of aliphatic hydroxyl groups is 1. The molecule has 0 heterocycles. The highest BCUT2D eigenvalue weighted by Crippen LogP contribution is 2.49. The number of ether oxygens (including phenoxy) is 1. The Morgan fingerprint density at radius 1 is 1.43 bits per heavy atom. The van der Waals surface area contributed by atoms with Crippen LogP contribution >= 0.6 is 11.8 Å². The van der Waals surface area contributed by atoms with Crippen LogP contribution < -0.4 is 4.74 Å². The van der Waals surface area contributed by atoms with Gasteiger partial charge in [0.1, 0.15) is 5.75 Å². The molecule has 1 fully saturated rings. The van der Waals surface area contributed by atoms with Gasteiger partial charge in [0.2, 0.25) is 0 Å². The molecule has 1 aliphatic rings. The number of rotatable bonds is 3. The summed E-state index contributed by atoms with van der Waals surface area (Å²) < 4.78 is 5.24. The molecular weight excluding hydrogens is 196 g/mol. The third-order valence-corrected chi connectivity index (χ3v) is 3.36. The lowest BCUT2D eigenvalue weighted by atomic mass is 10.1. The van der Waals surface area contributed by atoms with Crippen molar-refractivity contribution in [3.05, 3.63) is 23.8 Å². The van der Waals surface area contributed by atoms with Crippen molar-refractivity contribution in [2.45, 2.75) is 23.3 Å². The Morgan fingerprint density at radius 2 is 2.14 bits per heavy atom. The first-order valence-electron chi connectivity index (χ1n) is 4.64. The standard InChI is InChI=1S/C11H14O2S/c1-13-10-4-3-8(14-2)7-9(10)11(12)5-6-11/h3-4,7,12H,5-6H2,1-2H3. The summed E-state index contributed by atoms with van der Waals surface area (Å²) in [6.07, 6.45) is 3.73. The van der Waals surface area contributed by atoms with Crippen LogP contribution in [0, 0.1) is 0 Å². The number of benzene rings is 1. The van der Waals surface area contributed by atoms with Crippen LogP contribution in [0.1, 0.15) is 18.4 Å². The number of thioether (sulfide) groups is 1. The lowest BCUT2D eigenvalue weighted by Gasteiger charge is -2.14. The predicted molar refractivity (Wildman–Crippen MR) is 57.9 cm³/mol. The molecule has 1 aromatic rings. The maximum atomic E-state index is 10.0. The highest BCUT2D eigenvalue weighted by molar-refractivity contribution is 7.98. The van der Waals surface area contributed by atoms with E-state index < -0.39 is 5.60 Å². The van der Waals surface area contributed by atoms with Gasteiger partial charge in [-0.15, -0.1) is 11.8 Å². The maximum Gasteiger partial charge on any atom is 0.125 e. The Bertz CT molecular complexity index is 345. The summed E-state index contributed by atoms with van der Waals surface area (Å²) in [5.41, 5.74) is 0.323. The van der Waals surface area contributed by atoms with E-state index in [4.69, 9.17) is 4.74 Å². The van der Waals surface area contributed by atoms with Crippen molar-refractivity contribution >= 4 is 11.8 Å². The summed E-state index contributed by atoms with van der Waals surface area (Å²) in [5, 5.41) is 10.0. The summed E-state index contributed by atoms with van der Waals surface area (Å²) in [7, 11) is 1.64. The minimum Gasteiger partial charge on any atom is -0.496 e. The Hall–Kier alpha value is -0.670. The fourth-order valence-corrected chi connectivity index (χ4v) is 2.01. The van der Waals surface area contributed by atoms with Crippen molar-refractivity contribution in [3.63, 3.8) is 0 Å². The molecule has 0 aliphatic heterocycles. The third-order valence-electron chi connectivity index (χ3n) is 2.63. The number of hydrogen-bond donors (Lipinski definition) is 1. The van der Waals surface area contributed by atoms with Gasteiger partial charge in [-0.05, 0) is 37.3 Å². The molecule has 0 atom stereocenters. The van der Waals surface area contributed by atoms with Crippen molar-refractivity contribution in [1.82, 2.24) is 0 Å². The molecule has 2 nitrogen and oxygen atoms in total. The van der Waals surface area contributed by atoms with E-state index in [9.17, 15) is 5.11 Å². The summed E-state index contributed by atoms with van der Waals surface area (Å²) in [4.78, 5) is 1.17. The second-order valence-corrected chi connectivity index (χ2v) is 4.48. The van der Waals surface area contributed by atoms with Crippen molar-refractivity contribution in [3.8, 4) is 5.75 Å². The Morgan fingerprint density at radius 3 is 2.64 bits per heavy atom. The smallest absolute Gasteiger partial charge is 0.125 e. The topological polar surface area (TPSA) is 29.5 Å². The zero-order valence-electron chi connectivity index (χ0n) is 8.41. The van der Waals surface area contributed by atoms with Crippen molar-refractivity contribution in [2.75, 3.05) is 13.4 Å². The van der Waals surface area contributed by atoms with Crippen LogP contribution in [-0.4, -0.2) is 18.5 Å². The summed E-state index contributed by atoms with van der Waals surface area (Å²) in [6, 6.07) is 5.96. The van der Waals surface area contributed by atoms with Crippen LogP contribution in [0.2, 0.25) is 0 Å². The fourth-order valence-electron chi connectivity index (χ4n) is 1.57. The molecule has 76 valence electrons. The molecule has 0 bridgehead atoms. The highest BCUT2D eigenvalue weighted by Gasteiger charge is 2.44. The van der Waals surface area contributed by atoms with Gasteiger partial charge in [-0.1, -0.05) is 0 Å². The molecule has 0 saturated heterocycles. The van der Waals surface area contributed by atoms with Crippen LogP contribution in [0.15, 0.2) is 23.1 Å². The molecule has 0 amide bonds. The van der Waals surface area contributed by atoms with E-state index >= 15 is 0 Å².